The predicted molar refractivity (Wildman–Crippen MR) is 60.8 cm³/mol. The number of nitrogens with zero attached hydrogens (tertiary/aromatic N) is 3. The smallest absolute Gasteiger partial charge is 0.341 e. The SMILES string of the molecule is COC(=O)c1cc(Br)c(N=[N+]=[N-])cc1OC. The van der Waals surface area contributed by atoms with E-state index in [0.717, 1.165) is 0 Å². The average molecular weight is 286 g/mol. The van der Waals surface area contributed by atoms with Crippen molar-refractivity contribution in [2.75, 3.05) is 14.2 Å². The molecule has 1 rings (SSSR count). The molecule has 6 nitrogen and oxygen atoms in total. The first-order valence-electron chi connectivity index (χ1n) is 4.15. The number of carbonyl (C=O) groups excluding carboxylic acids is 1. The number of esters is 1. The number of hydrogen-bond donors (Lipinski definition) is 0. The van der Waals surface area contributed by atoms with Crippen LogP contribution in [0.2, 0.25) is 0 Å². The van der Waals surface area contributed by atoms with Crippen LogP contribution in [0.4, 0.5) is 5.69 Å². The lowest BCUT2D eigenvalue weighted by atomic mass is 10.2. The third-order valence-electron chi connectivity index (χ3n) is 1.83. The molecule has 16 heavy (non-hydrogen) atoms. The van der Waals surface area contributed by atoms with Crippen LogP contribution in [-0.2, 0) is 4.74 Å². The molecule has 1 aromatic carbocycles. The Kier molecular flexibility index (Phi) is 4.16. The van der Waals surface area contributed by atoms with Gasteiger partial charge in [0.25, 0.3) is 0 Å². The summed E-state index contributed by atoms with van der Waals surface area (Å²) >= 11 is 3.18. The molecular weight excluding hydrogens is 278 g/mol. The van der Waals surface area contributed by atoms with Gasteiger partial charge in [0, 0.05) is 9.38 Å². The minimum Gasteiger partial charge on any atom is -0.496 e. The first-order chi connectivity index (χ1) is 7.63. The molecule has 0 bridgehead atoms. The fourth-order valence-electron chi connectivity index (χ4n) is 1.11. The normalized spacial score (nSPS) is 9.19. The summed E-state index contributed by atoms with van der Waals surface area (Å²) in [5.74, 6) is -0.234. The van der Waals surface area contributed by atoms with Crippen LogP contribution in [0.15, 0.2) is 21.7 Å². The zero-order valence-electron chi connectivity index (χ0n) is 8.60. The van der Waals surface area contributed by atoms with Gasteiger partial charge in [-0.05, 0) is 17.7 Å². The van der Waals surface area contributed by atoms with Gasteiger partial charge in [0.05, 0.1) is 19.9 Å². The first kappa shape index (κ1) is 12.4. The maximum atomic E-state index is 11.4. The number of carbonyl (C=O) groups is 1. The lowest BCUT2D eigenvalue weighted by Gasteiger charge is -2.08. The van der Waals surface area contributed by atoms with E-state index in [9.17, 15) is 4.79 Å². The molecule has 0 aliphatic heterocycles. The van der Waals surface area contributed by atoms with Crippen molar-refractivity contribution in [1.29, 1.82) is 0 Å². The molecule has 0 atom stereocenters. The summed E-state index contributed by atoms with van der Waals surface area (Å²) in [6, 6.07) is 2.94. The highest BCUT2D eigenvalue weighted by Gasteiger charge is 2.15. The first-order valence-corrected chi connectivity index (χ1v) is 4.94. The van der Waals surface area contributed by atoms with Crippen LogP contribution >= 0.6 is 15.9 Å². The second-order valence-electron chi connectivity index (χ2n) is 2.68. The third-order valence-corrected chi connectivity index (χ3v) is 2.46. The number of ether oxygens (including phenoxy) is 2. The Morgan fingerprint density at radius 1 is 1.50 bits per heavy atom. The van der Waals surface area contributed by atoms with E-state index < -0.39 is 5.97 Å². The summed E-state index contributed by atoms with van der Waals surface area (Å²) in [5, 5.41) is 3.44. The molecule has 0 aromatic heterocycles. The largest absolute Gasteiger partial charge is 0.496 e. The number of methoxy groups -OCH3 is 2. The van der Waals surface area contributed by atoms with Crippen LogP contribution in [0.1, 0.15) is 10.4 Å². The van der Waals surface area contributed by atoms with E-state index in [2.05, 4.69) is 30.7 Å². The van der Waals surface area contributed by atoms with E-state index >= 15 is 0 Å². The standard InChI is InChI=1S/C9H8BrN3O3/c1-15-8-4-7(12-13-11)6(10)3-5(8)9(14)16-2/h3-4H,1-2H3. The number of halogens is 1. The summed E-state index contributed by atoms with van der Waals surface area (Å²) in [7, 11) is 2.69. The Morgan fingerprint density at radius 2 is 2.19 bits per heavy atom. The quantitative estimate of drug-likeness (QED) is 0.370. The highest BCUT2D eigenvalue weighted by Crippen LogP contribution is 2.33. The molecular formula is C9H8BrN3O3. The number of rotatable bonds is 3. The van der Waals surface area contributed by atoms with Gasteiger partial charge in [0.15, 0.2) is 0 Å². The lowest BCUT2D eigenvalue weighted by Crippen LogP contribution is -2.04. The number of benzene rings is 1. The summed E-state index contributed by atoms with van der Waals surface area (Å²) < 4.78 is 10.1. The minimum atomic E-state index is -0.523. The van der Waals surface area contributed by atoms with Gasteiger partial charge in [-0.25, -0.2) is 4.79 Å². The van der Waals surface area contributed by atoms with Gasteiger partial charge in [-0.15, -0.1) is 0 Å². The van der Waals surface area contributed by atoms with Gasteiger partial charge in [-0.2, -0.15) is 0 Å². The highest BCUT2D eigenvalue weighted by atomic mass is 79.9. The Balaban J connectivity index is 3.37. The van der Waals surface area contributed by atoms with Crippen molar-refractivity contribution < 1.29 is 14.3 Å². The van der Waals surface area contributed by atoms with Crippen molar-refractivity contribution in [3.63, 3.8) is 0 Å². The molecule has 0 aliphatic rings. The monoisotopic (exact) mass is 285 g/mol. The predicted octanol–water partition coefficient (Wildman–Crippen LogP) is 3.19. The number of azide groups is 1. The molecule has 0 fully saturated rings. The van der Waals surface area contributed by atoms with Gasteiger partial charge in [-0.1, -0.05) is 21.0 Å². The second kappa shape index (κ2) is 5.39. The Bertz CT molecular complexity index is 469. The van der Waals surface area contributed by atoms with Crippen LogP contribution in [0.3, 0.4) is 0 Å². The maximum absolute atomic E-state index is 11.4. The summed E-state index contributed by atoms with van der Waals surface area (Å²) in [6.07, 6.45) is 0. The molecule has 0 N–H and O–H groups in total. The van der Waals surface area contributed by atoms with Crippen molar-refractivity contribution in [1.82, 2.24) is 0 Å². The van der Waals surface area contributed by atoms with Crippen molar-refractivity contribution >= 4 is 27.6 Å². The Labute approximate surface area is 99.9 Å². The topological polar surface area (TPSA) is 84.3 Å². The summed E-state index contributed by atoms with van der Waals surface area (Å²) in [6.45, 7) is 0. The van der Waals surface area contributed by atoms with Crippen molar-refractivity contribution in [3.8, 4) is 5.75 Å². The Hall–Kier alpha value is -1.72. The highest BCUT2D eigenvalue weighted by molar-refractivity contribution is 9.10. The molecule has 0 saturated heterocycles. The van der Waals surface area contributed by atoms with Crippen LogP contribution in [-0.4, -0.2) is 20.2 Å². The fraction of sp³-hybridized carbons (Fsp3) is 0.222. The number of hydrogen-bond acceptors (Lipinski definition) is 4. The zero-order valence-corrected chi connectivity index (χ0v) is 10.2. The van der Waals surface area contributed by atoms with E-state index in [-0.39, 0.29) is 11.3 Å². The second-order valence-corrected chi connectivity index (χ2v) is 3.54. The van der Waals surface area contributed by atoms with Gasteiger partial charge >= 0.3 is 5.97 Å². The van der Waals surface area contributed by atoms with Crippen LogP contribution in [0.5, 0.6) is 5.75 Å². The molecule has 84 valence electrons. The van der Waals surface area contributed by atoms with Gasteiger partial charge in [0.1, 0.15) is 11.3 Å². The van der Waals surface area contributed by atoms with Crippen LogP contribution < -0.4 is 4.74 Å². The molecule has 0 aliphatic carbocycles. The molecule has 0 radical (unpaired) electrons. The molecule has 0 saturated carbocycles. The van der Waals surface area contributed by atoms with E-state index in [0.29, 0.717) is 10.2 Å². The van der Waals surface area contributed by atoms with E-state index in [4.69, 9.17) is 10.3 Å². The zero-order chi connectivity index (χ0) is 12.1. The van der Waals surface area contributed by atoms with E-state index in [1.165, 1.54) is 26.4 Å². The third kappa shape index (κ3) is 2.44. The van der Waals surface area contributed by atoms with E-state index in [1.54, 1.807) is 0 Å². The van der Waals surface area contributed by atoms with Crippen molar-refractivity contribution in [3.05, 3.63) is 32.6 Å². The van der Waals surface area contributed by atoms with Crippen molar-refractivity contribution in [2.45, 2.75) is 0 Å². The molecule has 0 heterocycles. The van der Waals surface area contributed by atoms with Gasteiger partial charge in [-0.3, -0.25) is 0 Å². The molecule has 0 unspecified atom stereocenters. The van der Waals surface area contributed by atoms with Crippen LogP contribution in [0.25, 0.3) is 10.4 Å². The Morgan fingerprint density at radius 3 is 2.69 bits per heavy atom. The molecule has 1 aromatic rings. The van der Waals surface area contributed by atoms with Crippen LogP contribution in [0, 0.1) is 0 Å². The lowest BCUT2D eigenvalue weighted by molar-refractivity contribution is 0.0597. The van der Waals surface area contributed by atoms with Crippen molar-refractivity contribution in [2.24, 2.45) is 5.11 Å². The average Bonchev–Trinajstić information content (AvgIpc) is 2.30. The minimum absolute atomic E-state index is 0.258. The summed E-state index contributed by atoms with van der Waals surface area (Å²) in [5.41, 5.74) is 8.94. The maximum Gasteiger partial charge on any atom is 0.341 e. The fourth-order valence-corrected chi connectivity index (χ4v) is 1.53. The molecule has 0 amide bonds. The molecule has 7 heteroatoms. The van der Waals surface area contributed by atoms with Gasteiger partial charge < -0.3 is 9.47 Å². The van der Waals surface area contributed by atoms with Gasteiger partial charge in [0.2, 0.25) is 0 Å². The summed E-state index contributed by atoms with van der Waals surface area (Å²) in [4.78, 5) is 14.0. The van der Waals surface area contributed by atoms with E-state index in [1.807, 2.05) is 0 Å². The molecule has 0 spiro atoms.